The molecule has 134 valence electrons. The Balaban J connectivity index is 1.78. The van der Waals surface area contributed by atoms with Gasteiger partial charge >= 0.3 is 12.1 Å². The van der Waals surface area contributed by atoms with E-state index in [2.05, 4.69) is 20.0 Å². The van der Waals surface area contributed by atoms with Crippen LogP contribution in [0.25, 0.3) is 11.4 Å². The quantitative estimate of drug-likeness (QED) is 0.849. The molecule has 1 aromatic carbocycles. The normalized spacial score (nSPS) is 19.8. The smallest absolute Gasteiger partial charge is 0.352 e. The Bertz CT molecular complexity index is 818. The third-order valence-corrected chi connectivity index (χ3v) is 3.97. The molecule has 1 aromatic heterocycles. The number of carbonyl (C=O) groups is 1. The number of nitrogens with zero attached hydrogens (tertiary/aromatic N) is 2. The van der Waals surface area contributed by atoms with E-state index in [1.807, 2.05) is 6.92 Å². The van der Waals surface area contributed by atoms with E-state index in [1.165, 1.54) is 0 Å². The molecule has 2 unspecified atom stereocenters. The highest BCUT2D eigenvalue weighted by Crippen LogP contribution is 2.37. The van der Waals surface area contributed by atoms with Crippen molar-refractivity contribution >= 4 is 5.91 Å². The zero-order valence-corrected chi connectivity index (χ0v) is 12.8. The van der Waals surface area contributed by atoms with E-state index < -0.39 is 35.1 Å². The molecule has 25 heavy (non-hydrogen) atoms. The maximum absolute atomic E-state index is 14.1. The molecule has 0 spiro atoms. The lowest BCUT2D eigenvalue weighted by atomic mass is 10.1. The summed E-state index contributed by atoms with van der Waals surface area (Å²) in [7, 11) is 0. The van der Waals surface area contributed by atoms with Gasteiger partial charge in [-0.2, -0.15) is 18.2 Å². The summed E-state index contributed by atoms with van der Waals surface area (Å²) in [6.07, 6.45) is -4.13. The van der Waals surface area contributed by atoms with Crippen LogP contribution in [0.5, 0.6) is 0 Å². The van der Waals surface area contributed by atoms with Gasteiger partial charge in [0.15, 0.2) is 11.6 Å². The van der Waals surface area contributed by atoms with Crippen LogP contribution in [0.1, 0.15) is 24.8 Å². The molecule has 0 saturated heterocycles. The van der Waals surface area contributed by atoms with E-state index in [4.69, 9.17) is 0 Å². The average Bonchev–Trinajstić information content (AvgIpc) is 3.06. The number of hydrogen-bond acceptors (Lipinski definition) is 4. The van der Waals surface area contributed by atoms with Gasteiger partial charge in [-0.05, 0) is 18.4 Å². The molecule has 2 atom stereocenters. The van der Waals surface area contributed by atoms with Gasteiger partial charge in [0.1, 0.15) is 0 Å². The molecule has 1 fully saturated rings. The molecule has 1 saturated carbocycles. The molecule has 1 heterocycles. The second-order valence-corrected chi connectivity index (χ2v) is 5.86. The van der Waals surface area contributed by atoms with E-state index >= 15 is 0 Å². The van der Waals surface area contributed by atoms with Crippen LogP contribution in [0.4, 0.5) is 22.0 Å². The van der Waals surface area contributed by atoms with Crippen LogP contribution in [0.2, 0.25) is 0 Å². The largest absolute Gasteiger partial charge is 0.471 e. The van der Waals surface area contributed by atoms with Gasteiger partial charge in [-0.1, -0.05) is 18.1 Å². The highest BCUT2D eigenvalue weighted by molar-refractivity contribution is 5.81. The highest BCUT2D eigenvalue weighted by atomic mass is 19.4. The molecule has 3 rings (SSSR count). The number of aromatic nitrogens is 2. The van der Waals surface area contributed by atoms with Crippen LogP contribution in [0, 0.1) is 23.5 Å². The zero-order valence-electron chi connectivity index (χ0n) is 12.8. The van der Waals surface area contributed by atoms with Crippen LogP contribution < -0.4 is 5.32 Å². The van der Waals surface area contributed by atoms with E-state index in [1.54, 1.807) is 0 Å². The molecular weight excluding hydrogens is 349 g/mol. The molecule has 1 aliphatic carbocycles. The first-order chi connectivity index (χ1) is 11.7. The van der Waals surface area contributed by atoms with Gasteiger partial charge in [-0.3, -0.25) is 4.79 Å². The number of amides is 1. The van der Waals surface area contributed by atoms with E-state index in [9.17, 15) is 26.7 Å². The number of halogens is 5. The lowest BCUT2D eigenvalue weighted by Gasteiger charge is -2.08. The van der Waals surface area contributed by atoms with Gasteiger partial charge in [-0.15, -0.1) is 0 Å². The second-order valence-electron chi connectivity index (χ2n) is 5.86. The Morgan fingerprint density at radius 3 is 2.56 bits per heavy atom. The minimum absolute atomic E-state index is 0.118. The summed E-state index contributed by atoms with van der Waals surface area (Å²) < 4.78 is 69.5. The molecular formula is C15H12F5N3O2. The zero-order chi connectivity index (χ0) is 18.4. The Morgan fingerprint density at radius 2 is 2.00 bits per heavy atom. The summed E-state index contributed by atoms with van der Waals surface area (Å²) in [5, 5.41) is 5.51. The summed E-state index contributed by atoms with van der Waals surface area (Å²) in [4.78, 5) is 14.7. The standard InChI is InChI=1S/C15H12F5N3O2/c1-6-4-9(6)13(24)21-5-7-2-3-8(11(17)10(7)16)12-22-14(25-23-12)15(18,19)20/h2-3,6,9H,4-5H2,1H3,(H,21,24). The average molecular weight is 361 g/mol. The van der Waals surface area contributed by atoms with E-state index in [0.717, 1.165) is 18.6 Å². The number of carbonyl (C=O) groups excluding carboxylic acids is 1. The third kappa shape index (κ3) is 3.47. The van der Waals surface area contributed by atoms with Crippen molar-refractivity contribution in [3.8, 4) is 11.4 Å². The maximum atomic E-state index is 14.1. The van der Waals surface area contributed by atoms with Crippen molar-refractivity contribution in [1.82, 2.24) is 15.5 Å². The van der Waals surface area contributed by atoms with Crippen molar-refractivity contribution in [3.05, 3.63) is 35.2 Å². The molecule has 10 heteroatoms. The summed E-state index contributed by atoms with van der Waals surface area (Å²) in [5.41, 5.74) is -0.704. The Morgan fingerprint density at radius 1 is 1.32 bits per heavy atom. The van der Waals surface area contributed by atoms with Crippen LogP contribution >= 0.6 is 0 Å². The first kappa shape index (κ1) is 17.3. The van der Waals surface area contributed by atoms with Gasteiger partial charge in [0, 0.05) is 18.0 Å². The van der Waals surface area contributed by atoms with Crippen molar-refractivity contribution in [2.24, 2.45) is 11.8 Å². The lowest BCUT2D eigenvalue weighted by molar-refractivity contribution is -0.159. The molecule has 1 N–H and O–H groups in total. The molecule has 0 aliphatic heterocycles. The predicted molar refractivity (Wildman–Crippen MR) is 73.8 cm³/mol. The van der Waals surface area contributed by atoms with Crippen molar-refractivity contribution in [3.63, 3.8) is 0 Å². The van der Waals surface area contributed by atoms with Crippen LogP contribution in [-0.4, -0.2) is 16.0 Å². The Hall–Kier alpha value is -2.52. The van der Waals surface area contributed by atoms with E-state index in [-0.39, 0.29) is 29.9 Å². The molecule has 1 amide bonds. The Labute approximate surface area is 138 Å². The first-order valence-electron chi connectivity index (χ1n) is 7.34. The van der Waals surface area contributed by atoms with Crippen molar-refractivity contribution < 1.29 is 31.3 Å². The molecule has 0 radical (unpaired) electrons. The maximum Gasteiger partial charge on any atom is 0.471 e. The van der Waals surface area contributed by atoms with Gasteiger partial charge in [0.2, 0.25) is 11.7 Å². The van der Waals surface area contributed by atoms with Gasteiger partial charge in [-0.25, -0.2) is 8.78 Å². The highest BCUT2D eigenvalue weighted by Gasteiger charge is 2.39. The monoisotopic (exact) mass is 361 g/mol. The number of hydrogen-bond donors (Lipinski definition) is 1. The number of nitrogens with one attached hydrogen (secondary N) is 1. The topological polar surface area (TPSA) is 68.0 Å². The minimum atomic E-state index is -4.88. The van der Waals surface area contributed by atoms with Gasteiger partial charge in [0.05, 0.1) is 5.56 Å². The Kier molecular flexibility index (Phi) is 4.21. The number of benzene rings is 1. The van der Waals surface area contributed by atoms with Crippen LogP contribution in [0.15, 0.2) is 16.7 Å². The summed E-state index contributed by atoms with van der Waals surface area (Å²) >= 11 is 0. The van der Waals surface area contributed by atoms with Gasteiger partial charge < -0.3 is 9.84 Å². The fourth-order valence-electron chi connectivity index (χ4n) is 2.35. The number of rotatable bonds is 4. The lowest BCUT2D eigenvalue weighted by Crippen LogP contribution is -2.25. The fourth-order valence-corrected chi connectivity index (χ4v) is 2.35. The van der Waals surface area contributed by atoms with Crippen LogP contribution in [-0.2, 0) is 17.5 Å². The summed E-state index contributed by atoms with van der Waals surface area (Å²) in [6, 6.07) is 2.18. The van der Waals surface area contributed by atoms with Gasteiger partial charge in [0.25, 0.3) is 0 Å². The third-order valence-electron chi connectivity index (χ3n) is 3.97. The summed E-state index contributed by atoms with van der Waals surface area (Å²) in [5.74, 6) is -5.17. The first-order valence-corrected chi connectivity index (χ1v) is 7.34. The minimum Gasteiger partial charge on any atom is -0.352 e. The predicted octanol–water partition coefficient (Wildman–Crippen LogP) is 3.31. The molecule has 1 aliphatic rings. The summed E-state index contributed by atoms with van der Waals surface area (Å²) in [6.45, 7) is 1.67. The molecule has 5 nitrogen and oxygen atoms in total. The SMILES string of the molecule is CC1CC1C(=O)NCc1ccc(-c2noc(C(F)(F)F)n2)c(F)c1F. The van der Waals surface area contributed by atoms with Crippen molar-refractivity contribution in [2.45, 2.75) is 26.1 Å². The number of alkyl halides is 3. The second kappa shape index (κ2) is 6.08. The van der Waals surface area contributed by atoms with Crippen LogP contribution in [0.3, 0.4) is 0 Å². The fraction of sp³-hybridized carbons (Fsp3) is 0.400. The van der Waals surface area contributed by atoms with Crippen molar-refractivity contribution in [1.29, 1.82) is 0 Å². The molecule has 2 aromatic rings. The van der Waals surface area contributed by atoms with Crippen molar-refractivity contribution in [2.75, 3.05) is 0 Å². The molecule has 0 bridgehead atoms. The van der Waals surface area contributed by atoms with E-state index in [0.29, 0.717) is 0 Å².